The third kappa shape index (κ3) is 2.43. The lowest BCUT2D eigenvalue weighted by Crippen LogP contribution is -2.21. The third-order valence-corrected chi connectivity index (χ3v) is 5.35. The molecule has 3 aromatic heterocycles. The highest BCUT2D eigenvalue weighted by Crippen LogP contribution is 2.33. The summed E-state index contributed by atoms with van der Waals surface area (Å²) >= 11 is 0. The highest BCUT2D eigenvalue weighted by Gasteiger charge is 2.22. The molecule has 4 N–H and O–H groups in total. The Bertz CT molecular complexity index is 1080. The molecule has 1 aliphatic carbocycles. The van der Waals surface area contributed by atoms with Crippen molar-refractivity contribution in [3.05, 3.63) is 36.7 Å². The van der Waals surface area contributed by atoms with Crippen LogP contribution in [0.4, 0.5) is 5.82 Å². The molecule has 0 saturated heterocycles. The van der Waals surface area contributed by atoms with Gasteiger partial charge in [0, 0.05) is 23.3 Å². The predicted molar refractivity (Wildman–Crippen MR) is 101 cm³/mol. The van der Waals surface area contributed by atoms with Crippen LogP contribution in [0.25, 0.3) is 33.1 Å². The Morgan fingerprint density at radius 1 is 1.12 bits per heavy atom. The summed E-state index contributed by atoms with van der Waals surface area (Å²) in [4.78, 5) is 4.60. The Balaban J connectivity index is 1.62. The molecule has 4 aromatic rings. The summed E-state index contributed by atoms with van der Waals surface area (Å²) in [5, 5.41) is 23.4. The summed E-state index contributed by atoms with van der Waals surface area (Å²) < 4.78 is 2.01. The van der Waals surface area contributed by atoms with Crippen molar-refractivity contribution in [3.63, 3.8) is 0 Å². The van der Waals surface area contributed by atoms with Gasteiger partial charge in [0.1, 0.15) is 11.3 Å². The number of aliphatic hydroxyl groups is 1. The fourth-order valence-electron chi connectivity index (χ4n) is 3.89. The molecule has 1 saturated carbocycles. The number of nitrogen functional groups attached to an aromatic ring is 1. The molecule has 0 bridgehead atoms. The van der Waals surface area contributed by atoms with Crippen LogP contribution < -0.4 is 5.73 Å². The maximum atomic E-state index is 9.74. The van der Waals surface area contributed by atoms with E-state index < -0.39 is 0 Å². The minimum Gasteiger partial charge on any atom is -0.393 e. The summed E-state index contributed by atoms with van der Waals surface area (Å²) in [7, 11) is 0. The molecule has 3 heterocycles. The molecule has 132 valence electrons. The van der Waals surface area contributed by atoms with E-state index in [1.807, 2.05) is 35.1 Å². The number of nitrogens with zero attached hydrogens (tertiary/aromatic N) is 4. The van der Waals surface area contributed by atoms with Gasteiger partial charge < -0.3 is 10.8 Å². The molecule has 0 aliphatic heterocycles. The van der Waals surface area contributed by atoms with E-state index in [9.17, 15) is 5.11 Å². The summed E-state index contributed by atoms with van der Waals surface area (Å²) in [5.41, 5.74) is 9.90. The molecule has 1 fully saturated rings. The summed E-state index contributed by atoms with van der Waals surface area (Å²) in [6.45, 7) is 0. The Kier molecular flexibility index (Phi) is 3.43. The normalized spacial score (nSPS) is 20.8. The van der Waals surface area contributed by atoms with Crippen LogP contribution in [-0.2, 0) is 0 Å². The minimum atomic E-state index is -0.176. The van der Waals surface area contributed by atoms with Crippen molar-refractivity contribution in [3.8, 4) is 11.3 Å². The molecule has 7 heteroatoms. The number of nitrogens with one attached hydrogen (secondary N) is 1. The lowest BCUT2D eigenvalue weighted by Gasteiger charge is -2.25. The standard InChI is InChI=1S/C19H20N6O/c20-19-15-10-25(12-2-4-13(26)5-3-12)24-18(15)14-6-1-11(9-17(14)22-19)16-7-8-21-23-16/h1,6-10,12-13,26H,2-5H2,(H2,20,22)(H,21,23). The average Bonchev–Trinajstić information content (AvgIpc) is 3.32. The summed E-state index contributed by atoms with van der Waals surface area (Å²) in [5.74, 6) is 0.497. The van der Waals surface area contributed by atoms with Gasteiger partial charge in [0.2, 0.25) is 0 Å². The number of benzene rings is 1. The molecule has 0 amide bonds. The maximum Gasteiger partial charge on any atom is 0.135 e. The number of aromatic nitrogens is 5. The van der Waals surface area contributed by atoms with Crippen molar-refractivity contribution in [2.75, 3.05) is 5.73 Å². The Morgan fingerprint density at radius 2 is 1.96 bits per heavy atom. The molecule has 5 rings (SSSR count). The smallest absolute Gasteiger partial charge is 0.135 e. The first-order chi connectivity index (χ1) is 12.7. The largest absolute Gasteiger partial charge is 0.393 e. The van der Waals surface area contributed by atoms with Gasteiger partial charge in [-0.15, -0.1) is 0 Å². The minimum absolute atomic E-state index is 0.176. The molecule has 0 unspecified atom stereocenters. The van der Waals surface area contributed by atoms with Crippen LogP contribution in [0.15, 0.2) is 36.7 Å². The second-order valence-electron chi connectivity index (χ2n) is 7.03. The number of aromatic amines is 1. The van der Waals surface area contributed by atoms with E-state index in [1.165, 1.54) is 0 Å². The van der Waals surface area contributed by atoms with Gasteiger partial charge in [-0.1, -0.05) is 6.07 Å². The average molecular weight is 348 g/mol. The van der Waals surface area contributed by atoms with Crippen molar-refractivity contribution in [2.45, 2.75) is 37.8 Å². The van der Waals surface area contributed by atoms with Gasteiger partial charge in [-0.3, -0.25) is 9.78 Å². The predicted octanol–water partition coefficient (Wildman–Crippen LogP) is 3.03. The second kappa shape index (κ2) is 5.81. The Morgan fingerprint density at radius 3 is 2.73 bits per heavy atom. The van der Waals surface area contributed by atoms with E-state index in [0.717, 1.165) is 58.7 Å². The maximum absolute atomic E-state index is 9.74. The lowest BCUT2D eigenvalue weighted by atomic mass is 9.93. The first kappa shape index (κ1) is 15.3. The number of hydrogen-bond acceptors (Lipinski definition) is 5. The summed E-state index contributed by atoms with van der Waals surface area (Å²) in [6.07, 6.45) is 7.07. The van der Waals surface area contributed by atoms with Crippen molar-refractivity contribution >= 4 is 27.6 Å². The Labute approximate surface area is 149 Å². The van der Waals surface area contributed by atoms with E-state index in [-0.39, 0.29) is 6.10 Å². The van der Waals surface area contributed by atoms with Crippen LogP contribution in [0.2, 0.25) is 0 Å². The van der Waals surface area contributed by atoms with Crippen LogP contribution in [0.3, 0.4) is 0 Å². The summed E-state index contributed by atoms with van der Waals surface area (Å²) in [6, 6.07) is 8.33. The topological polar surface area (TPSA) is 106 Å². The first-order valence-corrected chi connectivity index (χ1v) is 8.95. The number of rotatable bonds is 2. The van der Waals surface area contributed by atoms with E-state index >= 15 is 0 Å². The molecule has 0 spiro atoms. The Hall–Kier alpha value is -2.93. The number of fused-ring (bicyclic) bond motifs is 3. The van der Waals surface area contributed by atoms with Crippen LogP contribution in [0.1, 0.15) is 31.7 Å². The van der Waals surface area contributed by atoms with Crippen LogP contribution >= 0.6 is 0 Å². The van der Waals surface area contributed by atoms with Gasteiger partial charge in [-0.25, -0.2) is 4.98 Å². The lowest BCUT2D eigenvalue weighted by molar-refractivity contribution is 0.108. The fourth-order valence-corrected chi connectivity index (χ4v) is 3.89. The van der Waals surface area contributed by atoms with Gasteiger partial charge in [-0.05, 0) is 43.9 Å². The van der Waals surface area contributed by atoms with Gasteiger partial charge in [0.25, 0.3) is 0 Å². The van der Waals surface area contributed by atoms with Gasteiger partial charge >= 0.3 is 0 Å². The van der Waals surface area contributed by atoms with E-state index in [2.05, 4.69) is 15.2 Å². The molecule has 1 aliphatic rings. The van der Waals surface area contributed by atoms with Gasteiger partial charge in [0.05, 0.1) is 28.7 Å². The van der Waals surface area contributed by atoms with E-state index in [4.69, 9.17) is 10.8 Å². The molecule has 0 radical (unpaired) electrons. The van der Waals surface area contributed by atoms with Crippen molar-refractivity contribution in [1.29, 1.82) is 0 Å². The zero-order valence-corrected chi connectivity index (χ0v) is 14.3. The van der Waals surface area contributed by atoms with Crippen LogP contribution in [0, 0.1) is 0 Å². The second-order valence-corrected chi connectivity index (χ2v) is 7.03. The first-order valence-electron chi connectivity index (χ1n) is 8.95. The van der Waals surface area contributed by atoms with Crippen LogP contribution in [-0.4, -0.2) is 36.2 Å². The number of anilines is 1. The van der Waals surface area contributed by atoms with Gasteiger partial charge in [-0.2, -0.15) is 10.2 Å². The zero-order chi connectivity index (χ0) is 17.7. The molecular formula is C19H20N6O. The van der Waals surface area contributed by atoms with Crippen molar-refractivity contribution in [2.24, 2.45) is 0 Å². The quantitative estimate of drug-likeness (QED) is 0.516. The number of aliphatic hydroxyl groups excluding tert-OH is 1. The molecule has 1 aromatic carbocycles. The number of pyridine rings is 1. The molecule has 26 heavy (non-hydrogen) atoms. The monoisotopic (exact) mass is 348 g/mol. The highest BCUT2D eigenvalue weighted by molar-refractivity contribution is 6.08. The number of nitrogens with two attached hydrogens (primary N) is 1. The van der Waals surface area contributed by atoms with E-state index in [0.29, 0.717) is 11.9 Å². The molecular weight excluding hydrogens is 328 g/mol. The van der Waals surface area contributed by atoms with Gasteiger partial charge in [0.15, 0.2) is 0 Å². The van der Waals surface area contributed by atoms with E-state index in [1.54, 1.807) is 6.20 Å². The molecule has 7 nitrogen and oxygen atoms in total. The number of H-pyrrole nitrogens is 1. The third-order valence-electron chi connectivity index (χ3n) is 5.35. The molecule has 0 atom stereocenters. The SMILES string of the molecule is Nc1nc2cc(-c3ccn[nH]3)ccc2c2nn(C3CCC(O)CC3)cc12. The van der Waals surface area contributed by atoms with Crippen molar-refractivity contribution < 1.29 is 5.11 Å². The highest BCUT2D eigenvalue weighted by atomic mass is 16.3. The fraction of sp³-hybridized carbons (Fsp3) is 0.316. The zero-order valence-electron chi connectivity index (χ0n) is 14.3. The van der Waals surface area contributed by atoms with Crippen molar-refractivity contribution in [1.82, 2.24) is 25.0 Å². The van der Waals surface area contributed by atoms with Crippen LogP contribution in [0.5, 0.6) is 0 Å². The number of hydrogen-bond donors (Lipinski definition) is 3.